The van der Waals surface area contributed by atoms with Crippen LogP contribution in [0.2, 0.25) is 0 Å². The first kappa shape index (κ1) is 22.0. The summed E-state index contributed by atoms with van der Waals surface area (Å²) in [6, 6.07) is 8.13. The van der Waals surface area contributed by atoms with Gasteiger partial charge >= 0.3 is 6.09 Å². The number of nitrogens with one attached hydrogen (secondary N) is 2. The molecule has 28 heavy (non-hydrogen) atoms. The van der Waals surface area contributed by atoms with Gasteiger partial charge in [0.1, 0.15) is 5.60 Å². The van der Waals surface area contributed by atoms with Crippen molar-refractivity contribution in [1.29, 1.82) is 0 Å². The van der Waals surface area contributed by atoms with Crippen molar-refractivity contribution in [3.8, 4) is 0 Å². The first-order chi connectivity index (χ1) is 13.2. The van der Waals surface area contributed by atoms with Crippen LogP contribution in [-0.2, 0) is 9.53 Å². The standard InChI is InChI=1S/C21H34N4O3/c1-21(2,3)28-20(27)24(5)17-11-14-25(15-12-17)18-8-6-16(7-9-18)23-19(26)10-13-22-4/h6-9,17,22H,10-15H2,1-5H3,(H,23,26). The topological polar surface area (TPSA) is 73.9 Å². The molecule has 1 fully saturated rings. The van der Waals surface area contributed by atoms with Gasteiger partial charge in [-0.2, -0.15) is 0 Å². The fourth-order valence-corrected chi connectivity index (χ4v) is 3.21. The lowest BCUT2D eigenvalue weighted by Crippen LogP contribution is -2.47. The van der Waals surface area contributed by atoms with Gasteiger partial charge in [-0.05, 0) is 64.9 Å². The molecule has 156 valence electrons. The predicted octanol–water partition coefficient (Wildman–Crippen LogP) is 3.07. The van der Waals surface area contributed by atoms with E-state index in [1.807, 2.05) is 59.1 Å². The van der Waals surface area contributed by atoms with E-state index in [0.29, 0.717) is 13.0 Å². The van der Waals surface area contributed by atoms with E-state index < -0.39 is 5.60 Å². The first-order valence-corrected chi connectivity index (χ1v) is 9.95. The van der Waals surface area contributed by atoms with Gasteiger partial charge in [-0.1, -0.05) is 0 Å². The van der Waals surface area contributed by atoms with Gasteiger partial charge in [0, 0.05) is 50.5 Å². The first-order valence-electron chi connectivity index (χ1n) is 9.95. The maximum atomic E-state index is 12.3. The Bertz CT molecular complexity index is 647. The Hall–Kier alpha value is -2.28. The highest BCUT2D eigenvalue weighted by Gasteiger charge is 2.28. The van der Waals surface area contributed by atoms with Crippen LogP contribution in [0.5, 0.6) is 0 Å². The van der Waals surface area contributed by atoms with Gasteiger partial charge in [0.15, 0.2) is 0 Å². The molecule has 0 atom stereocenters. The van der Waals surface area contributed by atoms with Crippen molar-refractivity contribution in [2.24, 2.45) is 0 Å². The van der Waals surface area contributed by atoms with E-state index in [0.717, 1.165) is 37.3 Å². The second-order valence-electron chi connectivity index (χ2n) is 8.26. The smallest absolute Gasteiger partial charge is 0.410 e. The molecule has 1 aromatic carbocycles. The molecule has 0 unspecified atom stereocenters. The molecule has 0 aromatic heterocycles. The van der Waals surface area contributed by atoms with Gasteiger partial charge in [0.25, 0.3) is 0 Å². The van der Waals surface area contributed by atoms with Gasteiger partial charge in [0.2, 0.25) is 5.91 Å². The number of benzene rings is 1. The molecule has 0 spiro atoms. The van der Waals surface area contributed by atoms with Crippen molar-refractivity contribution in [2.75, 3.05) is 43.9 Å². The van der Waals surface area contributed by atoms with Crippen LogP contribution in [0.15, 0.2) is 24.3 Å². The molecule has 0 radical (unpaired) electrons. The second kappa shape index (κ2) is 9.78. The van der Waals surface area contributed by atoms with Crippen molar-refractivity contribution in [3.63, 3.8) is 0 Å². The highest BCUT2D eigenvalue weighted by atomic mass is 16.6. The molecule has 2 rings (SSSR count). The molecule has 0 saturated carbocycles. The fourth-order valence-electron chi connectivity index (χ4n) is 3.21. The molecule has 1 aliphatic rings. The summed E-state index contributed by atoms with van der Waals surface area (Å²) in [4.78, 5) is 28.1. The van der Waals surface area contributed by atoms with Crippen molar-refractivity contribution in [1.82, 2.24) is 10.2 Å². The number of hydrogen-bond acceptors (Lipinski definition) is 5. The van der Waals surface area contributed by atoms with E-state index in [-0.39, 0.29) is 18.0 Å². The number of amides is 2. The summed E-state index contributed by atoms with van der Waals surface area (Å²) in [7, 11) is 3.65. The van der Waals surface area contributed by atoms with Crippen LogP contribution in [0.1, 0.15) is 40.0 Å². The third-order valence-corrected chi connectivity index (χ3v) is 4.81. The lowest BCUT2D eigenvalue weighted by Gasteiger charge is -2.38. The fraction of sp³-hybridized carbons (Fsp3) is 0.619. The third-order valence-electron chi connectivity index (χ3n) is 4.81. The highest BCUT2D eigenvalue weighted by Crippen LogP contribution is 2.24. The van der Waals surface area contributed by atoms with Crippen molar-refractivity contribution >= 4 is 23.4 Å². The molecule has 2 amide bonds. The molecule has 0 bridgehead atoms. The molecule has 1 aliphatic heterocycles. The number of nitrogens with zero attached hydrogens (tertiary/aromatic N) is 2. The summed E-state index contributed by atoms with van der Waals surface area (Å²) < 4.78 is 5.47. The largest absolute Gasteiger partial charge is 0.444 e. The average molecular weight is 391 g/mol. The Morgan fingerprint density at radius 1 is 1.18 bits per heavy atom. The second-order valence-corrected chi connectivity index (χ2v) is 8.26. The summed E-state index contributed by atoms with van der Waals surface area (Å²) in [5, 5.41) is 5.87. The van der Waals surface area contributed by atoms with Gasteiger partial charge in [-0.25, -0.2) is 4.79 Å². The van der Waals surface area contributed by atoms with Crippen LogP contribution >= 0.6 is 0 Å². The van der Waals surface area contributed by atoms with Crippen LogP contribution < -0.4 is 15.5 Å². The van der Waals surface area contributed by atoms with E-state index in [1.54, 1.807) is 4.90 Å². The van der Waals surface area contributed by atoms with Gasteiger partial charge in [0.05, 0.1) is 0 Å². The summed E-state index contributed by atoms with van der Waals surface area (Å²) in [6.07, 6.45) is 2.00. The van der Waals surface area contributed by atoms with Crippen LogP contribution in [0, 0.1) is 0 Å². The maximum Gasteiger partial charge on any atom is 0.410 e. The molecule has 2 N–H and O–H groups in total. The Balaban J connectivity index is 1.84. The Labute approximate surface area is 168 Å². The normalized spacial score (nSPS) is 15.2. The summed E-state index contributed by atoms with van der Waals surface area (Å²) in [5.74, 6) is 0.00749. The minimum atomic E-state index is -0.476. The third kappa shape index (κ3) is 6.71. The molecule has 7 nitrogen and oxygen atoms in total. The van der Waals surface area contributed by atoms with E-state index in [2.05, 4.69) is 15.5 Å². The summed E-state index contributed by atoms with van der Waals surface area (Å²) in [5.41, 5.74) is 1.46. The maximum absolute atomic E-state index is 12.3. The molecule has 1 heterocycles. The number of carbonyl (C=O) groups excluding carboxylic acids is 2. The lowest BCUT2D eigenvalue weighted by atomic mass is 10.0. The van der Waals surface area contributed by atoms with E-state index in [1.165, 1.54) is 0 Å². The zero-order valence-electron chi connectivity index (χ0n) is 17.7. The molecular weight excluding hydrogens is 356 g/mol. The summed E-state index contributed by atoms with van der Waals surface area (Å²) in [6.45, 7) is 8.07. The van der Waals surface area contributed by atoms with Gasteiger partial charge in [-0.3, -0.25) is 4.79 Å². The summed E-state index contributed by atoms with van der Waals surface area (Å²) >= 11 is 0. The molecule has 7 heteroatoms. The van der Waals surface area contributed by atoms with Crippen LogP contribution in [0.25, 0.3) is 0 Å². The number of ether oxygens (including phenoxy) is 1. The lowest BCUT2D eigenvalue weighted by molar-refractivity contribution is -0.116. The SMILES string of the molecule is CNCCC(=O)Nc1ccc(N2CCC(N(C)C(=O)OC(C)(C)C)CC2)cc1. The monoisotopic (exact) mass is 390 g/mol. The van der Waals surface area contributed by atoms with Crippen molar-refractivity contribution in [3.05, 3.63) is 24.3 Å². The van der Waals surface area contributed by atoms with Gasteiger partial charge in [-0.15, -0.1) is 0 Å². The quantitative estimate of drug-likeness (QED) is 0.781. The molecule has 1 aromatic rings. The zero-order chi connectivity index (χ0) is 20.7. The number of carbonyl (C=O) groups is 2. The minimum absolute atomic E-state index is 0.00749. The average Bonchev–Trinajstić information content (AvgIpc) is 2.65. The van der Waals surface area contributed by atoms with Crippen LogP contribution in [-0.4, -0.2) is 62.3 Å². The van der Waals surface area contributed by atoms with Crippen LogP contribution in [0.3, 0.4) is 0 Å². The van der Waals surface area contributed by atoms with E-state index >= 15 is 0 Å². The van der Waals surface area contributed by atoms with Gasteiger partial charge < -0.3 is 25.2 Å². The minimum Gasteiger partial charge on any atom is -0.444 e. The van der Waals surface area contributed by atoms with Crippen molar-refractivity contribution < 1.29 is 14.3 Å². The van der Waals surface area contributed by atoms with E-state index in [4.69, 9.17) is 4.74 Å². The van der Waals surface area contributed by atoms with Crippen LogP contribution in [0.4, 0.5) is 16.2 Å². The predicted molar refractivity (Wildman–Crippen MR) is 113 cm³/mol. The number of piperidine rings is 1. The molecule has 1 saturated heterocycles. The van der Waals surface area contributed by atoms with Crippen molar-refractivity contribution in [2.45, 2.75) is 51.7 Å². The molecule has 0 aliphatic carbocycles. The molecular formula is C21H34N4O3. The Morgan fingerprint density at radius 3 is 2.32 bits per heavy atom. The van der Waals surface area contributed by atoms with E-state index in [9.17, 15) is 9.59 Å². The Kier molecular flexibility index (Phi) is 7.69. The number of rotatable bonds is 6. The zero-order valence-corrected chi connectivity index (χ0v) is 17.7. The Morgan fingerprint density at radius 2 is 1.79 bits per heavy atom. The highest BCUT2D eigenvalue weighted by molar-refractivity contribution is 5.91. The number of hydrogen-bond donors (Lipinski definition) is 2. The number of anilines is 2.